The van der Waals surface area contributed by atoms with Gasteiger partial charge in [0, 0.05) is 6.54 Å². The molecule has 0 aliphatic rings. The zero-order valence-electron chi connectivity index (χ0n) is 9.44. The first-order valence-corrected chi connectivity index (χ1v) is 5.35. The molecule has 0 saturated heterocycles. The van der Waals surface area contributed by atoms with Crippen molar-refractivity contribution in [3.05, 3.63) is 11.9 Å². The average molecular weight is 226 g/mol. The Hall–Kier alpha value is -1.63. The predicted octanol–water partition coefficient (Wildman–Crippen LogP) is -0.554. The number of aryl methyl sites for hydroxylation is 1. The number of nitrogens with one attached hydrogen (secondary N) is 2. The molecule has 1 aromatic rings. The number of carbonyl (C=O) groups excluding carboxylic acids is 1. The Morgan fingerprint density at radius 1 is 1.62 bits per heavy atom. The summed E-state index contributed by atoms with van der Waals surface area (Å²) in [5, 5.41) is 13.5. The summed E-state index contributed by atoms with van der Waals surface area (Å²) < 4.78 is 1.76. The fourth-order valence-electron chi connectivity index (χ4n) is 1.25. The van der Waals surface area contributed by atoms with Gasteiger partial charge in [-0.15, -0.1) is 5.10 Å². The zero-order chi connectivity index (χ0) is 11.8. The Morgan fingerprint density at radius 2 is 2.44 bits per heavy atom. The fraction of sp³-hybridized carbons (Fsp3) is 0.667. The molecule has 7 heteroatoms. The molecule has 0 radical (unpaired) electrons. The van der Waals surface area contributed by atoms with Crippen LogP contribution in [0, 0.1) is 0 Å². The van der Waals surface area contributed by atoms with Gasteiger partial charge in [0.05, 0.1) is 12.7 Å². The highest BCUT2D eigenvalue weighted by atomic mass is 16.2. The standard InChI is InChI=1S/C9H18N6O/c1-2-11-4-3-5-15-7-8(13-14-15)6-12-9(10)16/h7,11H,2-6H2,1H3,(H3,10,12,16). The zero-order valence-corrected chi connectivity index (χ0v) is 9.44. The van der Waals surface area contributed by atoms with Crippen LogP contribution in [-0.4, -0.2) is 34.1 Å². The first-order valence-electron chi connectivity index (χ1n) is 5.35. The molecule has 0 fully saturated rings. The maximum atomic E-state index is 10.5. The highest BCUT2D eigenvalue weighted by Crippen LogP contribution is 1.93. The van der Waals surface area contributed by atoms with E-state index in [0.717, 1.165) is 26.1 Å². The van der Waals surface area contributed by atoms with Crippen LogP contribution in [0.25, 0.3) is 0 Å². The molecule has 0 aliphatic heterocycles. The van der Waals surface area contributed by atoms with Crippen molar-refractivity contribution in [3.63, 3.8) is 0 Å². The predicted molar refractivity (Wildman–Crippen MR) is 59.6 cm³/mol. The SMILES string of the molecule is CCNCCCn1cc(CNC(N)=O)nn1. The quantitative estimate of drug-likeness (QED) is 0.543. The van der Waals surface area contributed by atoms with E-state index in [1.54, 1.807) is 4.68 Å². The topological polar surface area (TPSA) is 97.9 Å². The molecule has 16 heavy (non-hydrogen) atoms. The van der Waals surface area contributed by atoms with Crippen molar-refractivity contribution in [2.75, 3.05) is 13.1 Å². The number of rotatable bonds is 7. The van der Waals surface area contributed by atoms with E-state index in [1.165, 1.54) is 0 Å². The Bertz CT molecular complexity index is 324. The van der Waals surface area contributed by atoms with Gasteiger partial charge in [-0.2, -0.15) is 0 Å². The van der Waals surface area contributed by atoms with E-state index in [0.29, 0.717) is 12.2 Å². The van der Waals surface area contributed by atoms with Gasteiger partial charge in [0.15, 0.2) is 0 Å². The molecule has 4 N–H and O–H groups in total. The molecule has 0 aromatic carbocycles. The van der Waals surface area contributed by atoms with E-state index < -0.39 is 6.03 Å². The van der Waals surface area contributed by atoms with E-state index >= 15 is 0 Å². The number of hydrogen-bond donors (Lipinski definition) is 3. The minimum absolute atomic E-state index is 0.322. The Labute approximate surface area is 94.4 Å². The van der Waals surface area contributed by atoms with Gasteiger partial charge >= 0.3 is 6.03 Å². The second-order valence-electron chi connectivity index (χ2n) is 3.40. The van der Waals surface area contributed by atoms with Crippen molar-refractivity contribution < 1.29 is 4.79 Å². The molecular formula is C9H18N6O. The van der Waals surface area contributed by atoms with Crippen LogP contribution in [0.2, 0.25) is 0 Å². The number of hydrogen-bond acceptors (Lipinski definition) is 4. The van der Waals surface area contributed by atoms with Gasteiger partial charge in [-0.25, -0.2) is 4.79 Å². The van der Waals surface area contributed by atoms with E-state index in [1.807, 2.05) is 6.20 Å². The van der Waals surface area contributed by atoms with Gasteiger partial charge in [-0.1, -0.05) is 12.1 Å². The van der Waals surface area contributed by atoms with Crippen LogP contribution >= 0.6 is 0 Å². The van der Waals surface area contributed by atoms with Crippen molar-refractivity contribution in [3.8, 4) is 0 Å². The van der Waals surface area contributed by atoms with Crippen LogP contribution in [0.1, 0.15) is 19.0 Å². The second kappa shape index (κ2) is 6.78. The van der Waals surface area contributed by atoms with Crippen LogP contribution in [0.15, 0.2) is 6.20 Å². The molecule has 0 atom stereocenters. The number of nitrogens with zero attached hydrogens (tertiary/aromatic N) is 3. The van der Waals surface area contributed by atoms with Crippen LogP contribution < -0.4 is 16.4 Å². The number of aromatic nitrogens is 3. The minimum atomic E-state index is -0.554. The lowest BCUT2D eigenvalue weighted by Crippen LogP contribution is -2.28. The summed E-state index contributed by atoms with van der Waals surface area (Å²) in [4.78, 5) is 10.5. The molecule has 2 amide bonds. The van der Waals surface area contributed by atoms with Crippen molar-refractivity contribution in [1.82, 2.24) is 25.6 Å². The van der Waals surface area contributed by atoms with Crippen molar-refractivity contribution >= 4 is 6.03 Å². The smallest absolute Gasteiger partial charge is 0.312 e. The largest absolute Gasteiger partial charge is 0.352 e. The highest BCUT2D eigenvalue weighted by Gasteiger charge is 2.01. The molecule has 0 unspecified atom stereocenters. The summed E-state index contributed by atoms with van der Waals surface area (Å²) in [6.45, 7) is 5.15. The first kappa shape index (κ1) is 12.4. The molecule has 0 spiro atoms. The molecule has 0 aliphatic carbocycles. The summed E-state index contributed by atoms with van der Waals surface area (Å²) in [5.41, 5.74) is 5.66. The Balaban J connectivity index is 2.25. The van der Waals surface area contributed by atoms with Gasteiger partial charge < -0.3 is 16.4 Å². The average Bonchev–Trinajstić information content (AvgIpc) is 2.70. The maximum Gasteiger partial charge on any atom is 0.312 e. The van der Waals surface area contributed by atoms with E-state index in [-0.39, 0.29) is 0 Å². The summed E-state index contributed by atoms with van der Waals surface area (Å²) in [5.74, 6) is 0. The summed E-state index contributed by atoms with van der Waals surface area (Å²) in [6.07, 6.45) is 2.81. The molecule has 0 bridgehead atoms. The second-order valence-corrected chi connectivity index (χ2v) is 3.40. The lowest BCUT2D eigenvalue weighted by molar-refractivity contribution is 0.248. The molecule has 7 nitrogen and oxygen atoms in total. The molecule has 0 saturated carbocycles. The van der Waals surface area contributed by atoms with Crippen LogP contribution in [0.4, 0.5) is 4.79 Å². The van der Waals surface area contributed by atoms with E-state index in [2.05, 4.69) is 27.9 Å². The van der Waals surface area contributed by atoms with E-state index in [9.17, 15) is 4.79 Å². The number of amides is 2. The van der Waals surface area contributed by atoms with Gasteiger partial charge in [-0.3, -0.25) is 4.68 Å². The van der Waals surface area contributed by atoms with Gasteiger partial charge in [-0.05, 0) is 19.5 Å². The van der Waals surface area contributed by atoms with Crippen LogP contribution in [-0.2, 0) is 13.1 Å². The fourth-order valence-corrected chi connectivity index (χ4v) is 1.25. The van der Waals surface area contributed by atoms with Crippen LogP contribution in [0.5, 0.6) is 0 Å². The number of primary amides is 1. The van der Waals surface area contributed by atoms with Gasteiger partial charge in [0.25, 0.3) is 0 Å². The van der Waals surface area contributed by atoms with Crippen molar-refractivity contribution in [2.45, 2.75) is 26.4 Å². The third-order valence-corrected chi connectivity index (χ3v) is 2.02. The molecule has 1 aromatic heterocycles. The number of carbonyl (C=O) groups is 1. The molecule has 1 rings (SSSR count). The monoisotopic (exact) mass is 226 g/mol. The summed E-state index contributed by atoms with van der Waals surface area (Å²) in [7, 11) is 0. The first-order chi connectivity index (χ1) is 7.72. The number of nitrogens with two attached hydrogens (primary N) is 1. The van der Waals surface area contributed by atoms with Crippen molar-refractivity contribution in [1.29, 1.82) is 0 Å². The normalized spacial score (nSPS) is 10.3. The lowest BCUT2D eigenvalue weighted by atomic mass is 10.4. The summed E-state index contributed by atoms with van der Waals surface area (Å²) >= 11 is 0. The molecule has 90 valence electrons. The van der Waals surface area contributed by atoms with Crippen LogP contribution in [0.3, 0.4) is 0 Å². The summed E-state index contributed by atoms with van der Waals surface area (Å²) in [6, 6.07) is -0.554. The highest BCUT2D eigenvalue weighted by molar-refractivity contribution is 5.71. The third kappa shape index (κ3) is 4.74. The maximum absolute atomic E-state index is 10.5. The Morgan fingerprint density at radius 3 is 3.12 bits per heavy atom. The molecule has 1 heterocycles. The van der Waals surface area contributed by atoms with E-state index in [4.69, 9.17) is 5.73 Å². The Kier molecular flexibility index (Phi) is 5.27. The molecular weight excluding hydrogens is 208 g/mol. The van der Waals surface area contributed by atoms with Gasteiger partial charge in [0.2, 0.25) is 0 Å². The lowest BCUT2D eigenvalue weighted by Gasteiger charge is -2.00. The van der Waals surface area contributed by atoms with Gasteiger partial charge in [0.1, 0.15) is 5.69 Å². The number of urea groups is 1. The third-order valence-electron chi connectivity index (χ3n) is 2.02. The minimum Gasteiger partial charge on any atom is -0.352 e. The van der Waals surface area contributed by atoms with Crippen molar-refractivity contribution in [2.24, 2.45) is 5.73 Å².